The first-order chi connectivity index (χ1) is 16.6. The summed E-state index contributed by atoms with van der Waals surface area (Å²) in [5, 5.41) is 7.43. The van der Waals surface area contributed by atoms with E-state index in [1.807, 2.05) is 26.0 Å². The zero-order valence-corrected chi connectivity index (χ0v) is 20.4. The number of carbonyl (C=O) groups is 1. The smallest absolute Gasteiger partial charge is 0.258 e. The summed E-state index contributed by atoms with van der Waals surface area (Å²) >= 11 is 0. The first kappa shape index (κ1) is 22.6. The van der Waals surface area contributed by atoms with E-state index in [-0.39, 0.29) is 11.9 Å². The van der Waals surface area contributed by atoms with Gasteiger partial charge in [-0.3, -0.25) is 14.8 Å². The molecule has 6 rings (SSSR count). The van der Waals surface area contributed by atoms with Crippen molar-refractivity contribution >= 4 is 22.6 Å². The SMILES string of the molecule is Cc1cc(N(C)C(=O)[C@H](C)N2CCOCC2)cc2nc(-c3n[nH]c4c3C[C@@H]3C(F)(F)[C@]3(C)C4)[nH]c12. The monoisotopic (exact) mass is 484 g/mol. The normalized spacial score (nSPS) is 26.3. The molecular weight excluding hydrogens is 454 g/mol. The summed E-state index contributed by atoms with van der Waals surface area (Å²) in [6.07, 6.45) is 0.591. The molecule has 0 bridgehead atoms. The van der Waals surface area contributed by atoms with Crippen molar-refractivity contribution in [2.45, 2.75) is 45.6 Å². The van der Waals surface area contributed by atoms with Gasteiger partial charge in [-0.1, -0.05) is 6.92 Å². The summed E-state index contributed by atoms with van der Waals surface area (Å²) in [4.78, 5) is 25.1. The molecule has 1 amide bonds. The lowest BCUT2D eigenvalue weighted by atomic mass is 9.87. The number of nitrogens with one attached hydrogen (secondary N) is 2. The van der Waals surface area contributed by atoms with Crippen molar-refractivity contribution < 1.29 is 18.3 Å². The van der Waals surface area contributed by atoms with Gasteiger partial charge in [-0.05, 0) is 38.0 Å². The number of hydrogen-bond acceptors (Lipinski definition) is 5. The third-order valence-corrected chi connectivity index (χ3v) is 8.46. The molecule has 1 saturated heterocycles. The standard InChI is InChI=1S/C25H30F2N6O2/c1-13-9-15(32(4)23(34)14(2)33-5-7-35-8-6-33)10-17-20(13)29-22(28-17)21-16-11-19-24(3,25(19,26)27)12-18(16)30-31-21/h9-10,14,19H,5-8,11-12H2,1-4H3,(H,28,29)(H,30,31)/t14-,19-,24+/m0/s1. The van der Waals surface area contributed by atoms with Gasteiger partial charge in [-0.25, -0.2) is 13.8 Å². The van der Waals surface area contributed by atoms with Crippen molar-refractivity contribution in [1.29, 1.82) is 0 Å². The van der Waals surface area contributed by atoms with Gasteiger partial charge in [0, 0.05) is 54.8 Å². The van der Waals surface area contributed by atoms with Crippen molar-refractivity contribution in [3.8, 4) is 11.5 Å². The number of aromatic nitrogens is 4. The maximum Gasteiger partial charge on any atom is 0.258 e. The Morgan fingerprint density at radius 1 is 1.31 bits per heavy atom. The highest BCUT2D eigenvalue weighted by atomic mass is 19.3. The molecule has 1 aromatic carbocycles. The van der Waals surface area contributed by atoms with Crippen LogP contribution in [0.1, 0.15) is 30.7 Å². The highest BCUT2D eigenvalue weighted by Gasteiger charge is 2.78. The van der Waals surface area contributed by atoms with E-state index in [1.54, 1.807) is 18.9 Å². The highest BCUT2D eigenvalue weighted by Crippen LogP contribution is 2.70. The van der Waals surface area contributed by atoms with Gasteiger partial charge in [0.2, 0.25) is 5.91 Å². The van der Waals surface area contributed by atoms with Gasteiger partial charge in [0.1, 0.15) is 5.69 Å². The molecule has 3 aliphatic rings. The van der Waals surface area contributed by atoms with Gasteiger partial charge in [-0.15, -0.1) is 0 Å². The molecule has 8 nitrogen and oxygen atoms in total. The number of ether oxygens (including phenoxy) is 1. The first-order valence-electron chi connectivity index (χ1n) is 12.2. The lowest BCUT2D eigenvalue weighted by molar-refractivity contribution is -0.124. The zero-order valence-electron chi connectivity index (χ0n) is 20.4. The maximum atomic E-state index is 14.3. The number of hydrogen-bond donors (Lipinski definition) is 2. The molecular formula is C25H30F2N6O2. The molecule has 35 heavy (non-hydrogen) atoms. The van der Waals surface area contributed by atoms with Crippen LogP contribution in [0.3, 0.4) is 0 Å². The van der Waals surface area contributed by atoms with Gasteiger partial charge in [0.15, 0.2) is 5.82 Å². The summed E-state index contributed by atoms with van der Waals surface area (Å²) in [7, 11) is 1.78. The summed E-state index contributed by atoms with van der Waals surface area (Å²) < 4.78 is 34.1. The number of rotatable bonds is 4. The van der Waals surface area contributed by atoms with Gasteiger partial charge < -0.3 is 14.6 Å². The van der Waals surface area contributed by atoms with Crippen molar-refractivity contribution in [3.63, 3.8) is 0 Å². The molecule has 3 atom stereocenters. The molecule has 2 N–H and O–H groups in total. The van der Waals surface area contributed by atoms with E-state index >= 15 is 0 Å². The van der Waals surface area contributed by atoms with E-state index in [9.17, 15) is 13.6 Å². The lowest BCUT2D eigenvalue weighted by Crippen LogP contribution is -2.50. The summed E-state index contributed by atoms with van der Waals surface area (Å²) in [6, 6.07) is 3.60. The fraction of sp³-hybridized carbons (Fsp3) is 0.560. The number of likely N-dealkylation sites (N-methyl/N-ethyl adjacent to an activating group) is 1. The summed E-state index contributed by atoms with van der Waals surface area (Å²) in [5.74, 6) is -2.72. The number of halogens is 2. The quantitative estimate of drug-likeness (QED) is 0.593. The number of anilines is 1. The number of carbonyl (C=O) groups excluding carboxylic acids is 1. The summed E-state index contributed by atoms with van der Waals surface area (Å²) in [6.45, 7) is 8.30. The first-order valence-corrected chi connectivity index (χ1v) is 12.2. The van der Waals surface area contributed by atoms with Crippen molar-refractivity contribution in [2.24, 2.45) is 11.3 Å². The largest absolute Gasteiger partial charge is 0.379 e. The number of aromatic amines is 2. The number of amides is 1. The number of alkyl halides is 2. The van der Waals surface area contributed by atoms with Crippen molar-refractivity contribution in [1.82, 2.24) is 25.1 Å². The minimum absolute atomic E-state index is 0.0104. The van der Waals surface area contributed by atoms with Crippen LogP contribution >= 0.6 is 0 Å². The minimum Gasteiger partial charge on any atom is -0.379 e. The number of H-pyrrole nitrogens is 2. The second kappa shape index (κ2) is 7.57. The Bertz CT molecular complexity index is 1330. The van der Waals surface area contributed by atoms with Gasteiger partial charge in [0.05, 0.1) is 30.3 Å². The molecule has 0 unspecified atom stereocenters. The molecule has 2 aliphatic carbocycles. The van der Waals surface area contributed by atoms with Gasteiger partial charge in [0.25, 0.3) is 5.92 Å². The Morgan fingerprint density at radius 3 is 2.80 bits per heavy atom. The number of benzene rings is 1. The second-order valence-electron chi connectivity index (χ2n) is 10.5. The average molecular weight is 485 g/mol. The topological polar surface area (TPSA) is 90.1 Å². The van der Waals surface area contributed by atoms with E-state index in [2.05, 4.69) is 20.1 Å². The average Bonchev–Trinajstić information content (AvgIpc) is 3.25. The van der Waals surface area contributed by atoms with E-state index in [4.69, 9.17) is 9.72 Å². The number of aryl methyl sites for hydroxylation is 1. The van der Waals surface area contributed by atoms with Crippen LogP contribution in [0.15, 0.2) is 12.1 Å². The molecule has 1 saturated carbocycles. The van der Waals surface area contributed by atoms with E-state index < -0.39 is 17.3 Å². The van der Waals surface area contributed by atoms with Gasteiger partial charge >= 0.3 is 0 Å². The predicted octanol–water partition coefficient (Wildman–Crippen LogP) is 3.31. The minimum atomic E-state index is -2.64. The van der Waals surface area contributed by atoms with E-state index in [0.717, 1.165) is 41.1 Å². The number of imidazole rings is 1. The van der Waals surface area contributed by atoms with E-state index in [0.29, 0.717) is 43.1 Å². The maximum absolute atomic E-state index is 14.3. The summed E-state index contributed by atoms with van der Waals surface area (Å²) in [5.41, 5.74) is 4.49. The molecule has 0 spiro atoms. The van der Waals surface area contributed by atoms with Crippen LogP contribution in [-0.4, -0.2) is 76.3 Å². The molecule has 10 heteroatoms. The second-order valence-corrected chi connectivity index (χ2v) is 10.5. The third kappa shape index (κ3) is 3.26. The molecule has 2 fully saturated rings. The molecule has 1 aliphatic heterocycles. The van der Waals surface area contributed by atoms with Crippen molar-refractivity contribution in [2.75, 3.05) is 38.3 Å². The molecule has 186 valence electrons. The lowest BCUT2D eigenvalue weighted by Gasteiger charge is -2.33. The molecule has 3 heterocycles. The number of nitrogens with zero attached hydrogens (tertiary/aromatic N) is 4. The Morgan fingerprint density at radius 2 is 2.06 bits per heavy atom. The Kier molecular flexibility index (Phi) is 4.89. The van der Waals surface area contributed by atoms with Crippen LogP contribution in [0, 0.1) is 18.3 Å². The van der Waals surface area contributed by atoms with Crippen LogP contribution in [0.4, 0.5) is 14.5 Å². The highest BCUT2D eigenvalue weighted by molar-refractivity contribution is 5.98. The molecule has 0 radical (unpaired) electrons. The molecule has 2 aromatic heterocycles. The number of morpholine rings is 1. The van der Waals surface area contributed by atoms with Crippen LogP contribution in [0.2, 0.25) is 0 Å². The third-order valence-electron chi connectivity index (χ3n) is 8.46. The Balaban J connectivity index is 1.29. The van der Waals surface area contributed by atoms with Crippen molar-refractivity contribution in [3.05, 3.63) is 29.0 Å². The fourth-order valence-corrected chi connectivity index (χ4v) is 5.91. The van der Waals surface area contributed by atoms with Crippen LogP contribution < -0.4 is 4.90 Å². The van der Waals surface area contributed by atoms with Crippen LogP contribution in [0.5, 0.6) is 0 Å². The Labute approximate surface area is 202 Å². The van der Waals surface area contributed by atoms with E-state index in [1.165, 1.54) is 0 Å². The van der Waals surface area contributed by atoms with Crippen LogP contribution in [-0.2, 0) is 22.4 Å². The van der Waals surface area contributed by atoms with Gasteiger partial charge in [-0.2, -0.15) is 5.10 Å². The Hall–Kier alpha value is -2.85. The predicted molar refractivity (Wildman–Crippen MR) is 128 cm³/mol. The molecule has 3 aromatic rings. The number of fused-ring (bicyclic) bond motifs is 3. The fourth-order valence-electron chi connectivity index (χ4n) is 5.91. The zero-order chi connectivity index (χ0) is 24.7. The van der Waals surface area contributed by atoms with Crippen LogP contribution in [0.25, 0.3) is 22.6 Å².